The van der Waals surface area contributed by atoms with Crippen molar-refractivity contribution < 1.29 is 9.53 Å². The van der Waals surface area contributed by atoms with E-state index in [1.807, 2.05) is 32.0 Å². The van der Waals surface area contributed by atoms with Crippen LogP contribution >= 0.6 is 22.9 Å². The first-order valence-electron chi connectivity index (χ1n) is 5.98. The quantitative estimate of drug-likeness (QED) is 0.877. The van der Waals surface area contributed by atoms with Gasteiger partial charge in [0.2, 0.25) is 5.91 Å². The third-order valence-electron chi connectivity index (χ3n) is 2.32. The molecule has 19 heavy (non-hydrogen) atoms. The van der Waals surface area contributed by atoms with Crippen LogP contribution in [0.4, 0.5) is 5.13 Å². The predicted octanol–water partition coefficient (Wildman–Crippen LogP) is 3.65. The molecule has 1 N–H and O–H groups in total. The van der Waals surface area contributed by atoms with Gasteiger partial charge in [0.25, 0.3) is 0 Å². The van der Waals surface area contributed by atoms with E-state index >= 15 is 0 Å². The number of nitrogens with zero attached hydrogens (tertiary/aromatic N) is 1. The Morgan fingerprint density at radius 2 is 2.16 bits per heavy atom. The second-order valence-electron chi connectivity index (χ2n) is 4.42. The summed E-state index contributed by atoms with van der Waals surface area (Å²) in [5, 5.41) is 2.66. The molecule has 0 fully saturated rings. The molecule has 2 aromatic rings. The highest BCUT2D eigenvalue weighted by Gasteiger charge is 2.12. The van der Waals surface area contributed by atoms with Crippen LogP contribution in [0.25, 0.3) is 10.2 Å². The molecule has 1 atom stereocenters. The van der Waals surface area contributed by atoms with E-state index in [2.05, 4.69) is 10.3 Å². The van der Waals surface area contributed by atoms with Gasteiger partial charge in [0.05, 0.1) is 16.3 Å². The van der Waals surface area contributed by atoms with E-state index in [-0.39, 0.29) is 12.0 Å². The Bertz CT molecular complexity index is 595. The second kappa shape index (κ2) is 5.75. The lowest BCUT2D eigenvalue weighted by atomic mass is 10.3. The molecule has 102 valence electrons. The molecule has 0 aliphatic heterocycles. The van der Waals surface area contributed by atoms with Gasteiger partial charge in [-0.1, -0.05) is 11.3 Å². The van der Waals surface area contributed by atoms with Crippen molar-refractivity contribution in [3.63, 3.8) is 0 Å². The Kier molecular flexibility index (Phi) is 4.27. The van der Waals surface area contributed by atoms with Crippen LogP contribution in [0.2, 0.25) is 0 Å². The number of halogens is 1. The van der Waals surface area contributed by atoms with Crippen LogP contribution in [0.5, 0.6) is 5.75 Å². The van der Waals surface area contributed by atoms with Crippen LogP contribution in [0.15, 0.2) is 18.2 Å². The summed E-state index contributed by atoms with van der Waals surface area (Å²) in [6.45, 7) is 5.58. The topological polar surface area (TPSA) is 51.2 Å². The van der Waals surface area contributed by atoms with Gasteiger partial charge in [-0.15, -0.1) is 11.6 Å². The van der Waals surface area contributed by atoms with Gasteiger partial charge < -0.3 is 10.1 Å². The number of carbonyl (C=O) groups is 1. The number of fused-ring (bicyclic) bond motifs is 1. The van der Waals surface area contributed by atoms with Gasteiger partial charge in [0, 0.05) is 0 Å². The molecule has 4 nitrogen and oxygen atoms in total. The van der Waals surface area contributed by atoms with E-state index in [0.717, 1.165) is 16.0 Å². The van der Waals surface area contributed by atoms with Crippen molar-refractivity contribution in [2.45, 2.75) is 32.3 Å². The third-order valence-corrected chi connectivity index (χ3v) is 3.45. The minimum Gasteiger partial charge on any atom is -0.491 e. The van der Waals surface area contributed by atoms with Crippen LogP contribution in [0, 0.1) is 0 Å². The van der Waals surface area contributed by atoms with Crippen LogP contribution in [0.1, 0.15) is 20.8 Å². The number of amides is 1. The molecule has 0 aliphatic rings. The zero-order chi connectivity index (χ0) is 14.0. The van der Waals surface area contributed by atoms with Gasteiger partial charge in [-0.05, 0) is 39.0 Å². The average molecular weight is 299 g/mol. The minimum absolute atomic E-state index is 0.127. The van der Waals surface area contributed by atoms with E-state index in [9.17, 15) is 4.79 Å². The molecule has 0 spiro atoms. The van der Waals surface area contributed by atoms with Gasteiger partial charge >= 0.3 is 0 Å². The van der Waals surface area contributed by atoms with Gasteiger partial charge in [-0.3, -0.25) is 4.79 Å². The number of anilines is 1. The smallest absolute Gasteiger partial charge is 0.243 e. The summed E-state index contributed by atoms with van der Waals surface area (Å²) in [5.41, 5.74) is 0.832. The van der Waals surface area contributed by atoms with Crippen molar-refractivity contribution in [1.82, 2.24) is 4.98 Å². The Morgan fingerprint density at radius 1 is 1.42 bits per heavy atom. The highest BCUT2D eigenvalue weighted by atomic mass is 35.5. The zero-order valence-electron chi connectivity index (χ0n) is 10.9. The molecule has 0 radical (unpaired) electrons. The van der Waals surface area contributed by atoms with Crippen molar-refractivity contribution in [2.24, 2.45) is 0 Å². The van der Waals surface area contributed by atoms with Crippen molar-refractivity contribution in [3.8, 4) is 5.75 Å². The highest BCUT2D eigenvalue weighted by molar-refractivity contribution is 7.22. The lowest BCUT2D eigenvalue weighted by molar-refractivity contribution is -0.115. The summed E-state index contributed by atoms with van der Waals surface area (Å²) in [4.78, 5) is 15.8. The molecule has 1 unspecified atom stereocenters. The van der Waals surface area contributed by atoms with Crippen molar-refractivity contribution in [3.05, 3.63) is 18.2 Å². The monoisotopic (exact) mass is 298 g/mol. The predicted molar refractivity (Wildman–Crippen MR) is 79.3 cm³/mol. The summed E-state index contributed by atoms with van der Waals surface area (Å²) in [5.74, 6) is 0.550. The van der Waals surface area contributed by atoms with E-state index in [1.54, 1.807) is 6.92 Å². The average Bonchev–Trinajstić information content (AvgIpc) is 2.69. The fourth-order valence-electron chi connectivity index (χ4n) is 1.51. The maximum absolute atomic E-state index is 11.5. The summed E-state index contributed by atoms with van der Waals surface area (Å²) < 4.78 is 6.59. The van der Waals surface area contributed by atoms with E-state index in [1.165, 1.54) is 11.3 Å². The molecule has 1 aromatic carbocycles. The van der Waals surface area contributed by atoms with Crippen LogP contribution in [0.3, 0.4) is 0 Å². The zero-order valence-corrected chi connectivity index (χ0v) is 12.5. The van der Waals surface area contributed by atoms with E-state index in [4.69, 9.17) is 16.3 Å². The first-order chi connectivity index (χ1) is 8.95. The van der Waals surface area contributed by atoms with Gasteiger partial charge in [0.1, 0.15) is 11.1 Å². The first-order valence-corrected chi connectivity index (χ1v) is 7.23. The molecule has 0 aliphatic carbocycles. The Labute approximate surface area is 120 Å². The largest absolute Gasteiger partial charge is 0.491 e. The van der Waals surface area contributed by atoms with Crippen LogP contribution < -0.4 is 10.1 Å². The number of aromatic nitrogens is 1. The number of rotatable bonds is 4. The number of hydrogen-bond acceptors (Lipinski definition) is 4. The van der Waals surface area contributed by atoms with Crippen LogP contribution in [-0.4, -0.2) is 22.4 Å². The molecule has 2 rings (SSSR count). The number of carbonyl (C=O) groups excluding carboxylic acids is 1. The van der Waals surface area contributed by atoms with Gasteiger partial charge in [0.15, 0.2) is 5.13 Å². The molecule has 6 heteroatoms. The second-order valence-corrected chi connectivity index (χ2v) is 6.11. The molecular weight excluding hydrogens is 284 g/mol. The number of benzene rings is 1. The fourth-order valence-corrected chi connectivity index (χ4v) is 2.46. The van der Waals surface area contributed by atoms with Crippen molar-refractivity contribution >= 4 is 44.2 Å². The molecule has 0 saturated heterocycles. The minimum atomic E-state index is -0.577. The van der Waals surface area contributed by atoms with E-state index in [0.29, 0.717) is 5.13 Å². The number of thiazole rings is 1. The van der Waals surface area contributed by atoms with Crippen molar-refractivity contribution in [2.75, 3.05) is 5.32 Å². The molecular formula is C13H15ClN2O2S. The highest BCUT2D eigenvalue weighted by Crippen LogP contribution is 2.29. The first kappa shape index (κ1) is 14.1. The molecule has 0 bridgehead atoms. The summed E-state index contributed by atoms with van der Waals surface area (Å²) in [6.07, 6.45) is 0.127. The SMILES string of the molecule is CC(C)Oc1ccc2nc(NC(=O)C(C)Cl)sc2c1. The van der Waals surface area contributed by atoms with E-state index < -0.39 is 5.38 Å². The summed E-state index contributed by atoms with van der Waals surface area (Å²) in [6, 6.07) is 5.67. The number of nitrogens with one attached hydrogen (secondary N) is 1. The Balaban J connectivity index is 2.23. The molecule has 0 saturated carbocycles. The Morgan fingerprint density at radius 3 is 2.79 bits per heavy atom. The third kappa shape index (κ3) is 3.58. The Hall–Kier alpha value is -1.33. The summed E-state index contributed by atoms with van der Waals surface area (Å²) in [7, 11) is 0. The number of alkyl halides is 1. The van der Waals surface area contributed by atoms with Crippen molar-refractivity contribution in [1.29, 1.82) is 0 Å². The van der Waals surface area contributed by atoms with Gasteiger partial charge in [-0.2, -0.15) is 0 Å². The maximum Gasteiger partial charge on any atom is 0.243 e. The standard InChI is InChI=1S/C13H15ClN2O2S/c1-7(2)18-9-4-5-10-11(6-9)19-13(15-10)16-12(17)8(3)14/h4-8H,1-3H3,(H,15,16,17). The van der Waals surface area contributed by atoms with Gasteiger partial charge in [-0.25, -0.2) is 4.98 Å². The molecule has 1 heterocycles. The maximum atomic E-state index is 11.5. The number of hydrogen-bond donors (Lipinski definition) is 1. The molecule has 1 amide bonds. The number of ether oxygens (including phenoxy) is 1. The lowest BCUT2D eigenvalue weighted by Gasteiger charge is -2.08. The van der Waals surface area contributed by atoms with Crippen LogP contribution in [-0.2, 0) is 4.79 Å². The molecule has 1 aromatic heterocycles. The fraction of sp³-hybridized carbons (Fsp3) is 0.385. The lowest BCUT2D eigenvalue weighted by Crippen LogP contribution is -2.19. The normalized spacial score (nSPS) is 12.7. The summed E-state index contributed by atoms with van der Waals surface area (Å²) >= 11 is 7.11.